The molecular formula is C18H29N3. The third-order valence-electron chi connectivity index (χ3n) is 5.21. The fourth-order valence-corrected chi connectivity index (χ4v) is 4.00. The van der Waals surface area contributed by atoms with Gasteiger partial charge in [-0.25, -0.2) is 0 Å². The van der Waals surface area contributed by atoms with Crippen molar-refractivity contribution in [1.82, 2.24) is 4.90 Å². The van der Waals surface area contributed by atoms with E-state index in [1.807, 2.05) is 0 Å². The minimum Gasteiger partial charge on any atom is -0.371 e. The molecule has 2 aliphatic heterocycles. The predicted octanol–water partition coefficient (Wildman–Crippen LogP) is 2.94. The van der Waals surface area contributed by atoms with Gasteiger partial charge in [-0.05, 0) is 63.7 Å². The highest BCUT2D eigenvalue weighted by Crippen LogP contribution is 2.39. The Kier molecular flexibility index (Phi) is 4.51. The first-order chi connectivity index (χ1) is 10.2. The molecule has 0 spiro atoms. The number of hydrogen-bond acceptors (Lipinski definition) is 3. The highest BCUT2D eigenvalue weighted by atomic mass is 15.2. The van der Waals surface area contributed by atoms with Crippen LogP contribution in [0.2, 0.25) is 0 Å². The molecule has 3 rings (SSSR count). The molecule has 2 unspecified atom stereocenters. The van der Waals surface area contributed by atoms with Gasteiger partial charge in [0, 0.05) is 31.4 Å². The molecule has 0 aliphatic carbocycles. The molecule has 2 saturated heterocycles. The first-order valence-corrected chi connectivity index (χ1v) is 8.45. The van der Waals surface area contributed by atoms with Crippen LogP contribution in [0.25, 0.3) is 0 Å². The van der Waals surface area contributed by atoms with Gasteiger partial charge in [0.15, 0.2) is 0 Å². The van der Waals surface area contributed by atoms with Crippen LogP contribution in [-0.4, -0.2) is 38.1 Å². The zero-order chi connectivity index (χ0) is 14.8. The van der Waals surface area contributed by atoms with Crippen molar-refractivity contribution in [3.05, 3.63) is 29.3 Å². The number of anilines is 1. The van der Waals surface area contributed by atoms with Crippen molar-refractivity contribution in [1.29, 1.82) is 0 Å². The lowest BCUT2D eigenvalue weighted by molar-refractivity contribution is 0.313. The van der Waals surface area contributed by atoms with Gasteiger partial charge in [-0.1, -0.05) is 17.7 Å². The number of piperidine rings is 1. The zero-order valence-corrected chi connectivity index (χ0v) is 13.5. The summed E-state index contributed by atoms with van der Waals surface area (Å²) in [6, 6.07) is 7.56. The molecule has 1 aromatic rings. The van der Waals surface area contributed by atoms with Crippen LogP contribution in [0.5, 0.6) is 0 Å². The third kappa shape index (κ3) is 3.09. The Morgan fingerprint density at radius 2 is 1.95 bits per heavy atom. The Morgan fingerprint density at radius 3 is 2.62 bits per heavy atom. The monoisotopic (exact) mass is 287 g/mol. The van der Waals surface area contributed by atoms with E-state index in [-0.39, 0.29) is 0 Å². The summed E-state index contributed by atoms with van der Waals surface area (Å²) >= 11 is 0. The smallest absolute Gasteiger partial charge is 0.0414 e. The zero-order valence-electron chi connectivity index (χ0n) is 13.5. The molecule has 0 saturated carbocycles. The lowest BCUT2D eigenvalue weighted by atomic mass is 9.95. The third-order valence-corrected chi connectivity index (χ3v) is 5.21. The minimum absolute atomic E-state index is 0.537. The van der Waals surface area contributed by atoms with Crippen molar-refractivity contribution in [2.45, 2.75) is 38.6 Å². The van der Waals surface area contributed by atoms with Crippen molar-refractivity contribution in [3.8, 4) is 0 Å². The first-order valence-electron chi connectivity index (χ1n) is 8.45. The summed E-state index contributed by atoms with van der Waals surface area (Å²) in [7, 11) is 2.25. The van der Waals surface area contributed by atoms with Crippen molar-refractivity contribution >= 4 is 5.69 Å². The molecule has 2 aliphatic rings. The van der Waals surface area contributed by atoms with Crippen molar-refractivity contribution in [3.63, 3.8) is 0 Å². The number of benzene rings is 1. The van der Waals surface area contributed by atoms with Crippen molar-refractivity contribution in [2.24, 2.45) is 11.7 Å². The highest BCUT2D eigenvalue weighted by Gasteiger charge is 2.32. The molecule has 0 bridgehead atoms. The van der Waals surface area contributed by atoms with Crippen LogP contribution >= 0.6 is 0 Å². The second-order valence-corrected chi connectivity index (χ2v) is 6.90. The van der Waals surface area contributed by atoms with Gasteiger partial charge in [0.25, 0.3) is 0 Å². The Bertz CT molecular complexity index is 479. The fourth-order valence-electron chi connectivity index (χ4n) is 4.00. The molecule has 2 N–H and O–H groups in total. The number of rotatable bonds is 3. The summed E-state index contributed by atoms with van der Waals surface area (Å²) in [4.78, 5) is 5.10. The molecule has 1 aromatic carbocycles. The quantitative estimate of drug-likeness (QED) is 0.928. The van der Waals surface area contributed by atoms with Crippen LogP contribution in [-0.2, 0) is 0 Å². The minimum atomic E-state index is 0.537. The van der Waals surface area contributed by atoms with Gasteiger partial charge in [-0.3, -0.25) is 4.90 Å². The first kappa shape index (κ1) is 14.9. The molecule has 3 heteroatoms. The van der Waals surface area contributed by atoms with E-state index < -0.39 is 0 Å². The van der Waals surface area contributed by atoms with E-state index in [4.69, 9.17) is 5.73 Å². The number of likely N-dealkylation sites (tertiary alicyclic amines) is 1. The summed E-state index contributed by atoms with van der Waals surface area (Å²) < 4.78 is 0. The summed E-state index contributed by atoms with van der Waals surface area (Å²) in [5.41, 5.74) is 10.3. The van der Waals surface area contributed by atoms with Gasteiger partial charge < -0.3 is 10.6 Å². The maximum Gasteiger partial charge on any atom is 0.0414 e. The van der Waals surface area contributed by atoms with Gasteiger partial charge in [0.2, 0.25) is 0 Å². The molecule has 2 atom stereocenters. The SMILES string of the molecule is Cc1ccc(N2CCCCC2)c(C2CC(CN)CN2C)c1. The lowest BCUT2D eigenvalue weighted by Crippen LogP contribution is -2.31. The van der Waals surface area contributed by atoms with E-state index in [0.29, 0.717) is 12.0 Å². The highest BCUT2D eigenvalue weighted by molar-refractivity contribution is 5.57. The standard InChI is InChI=1S/C18H29N3/c1-14-6-7-17(21-8-4-3-5-9-21)16(10-14)18-11-15(12-19)13-20(18)2/h6-7,10,15,18H,3-5,8-9,11-13,19H2,1-2H3. The Hall–Kier alpha value is -1.06. The molecule has 2 fully saturated rings. The molecule has 0 aromatic heterocycles. The molecule has 0 amide bonds. The van der Waals surface area contributed by atoms with Crippen LogP contribution in [0.3, 0.4) is 0 Å². The molecule has 116 valence electrons. The van der Waals surface area contributed by atoms with Gasteiger partial charge in [0.1, 0.15) is 0 Å². The molecule has 0 radical (unpaired) electrons. The average molecular weight is 287 g/mol. The van der Waals surface area contributed by atoms with E-state index in [1.165, 1.54) is 55.6 Å². The van der Waals surface area contributed by atoms with Crippen LogP contribution in [0.1, 0.15) is 42.9 Å². The number of hydrogen-bond donors (Lipinski definition) is 1. The number of nitrogens with zero attached hydrogens (tertiary/aromatic N) is 2. The van der Waals surface area contributed by atoms with E-state index in [9.17, 15) is 0 Å². The van der Waals surface area contributed by atoms with Crippen molar-refractivity contribution in [2.75, 3.05) is 38.1 Å². The van der Waals surface area contributed by atoms with Crippen LogP contribution in [0, 0.1) is 12.8 Å². The largest absolute Gasteiger partial charge is 0.371 e. The Morgan fingerprint density at radius 1 is 1.19 bits per heavy atom. The van der Waals surface area contributed by atoms with E-state index in [2.05, 4.69) is 42.0 Å². The Balaban J connectivity index is 1.91. The average Bonchev–Trinajstić information content (AvgIpc) is 2.89. The van der Waals surface area contributed by atoms with Crippen molar-refractivity contribution < 1.29 is 0 Å². The maximum atomic E-state index is 5.91. The predicted molar refractivity (Wildman–Crippen MR) is 89.8 cm³/mol. The maximum absolute atomic E-state index is 5.91. The molecule has 3 nitrogen and oxygen atoms in total. The second kappa shape index (κ2) is 6.37. The summed E-state index contributed by atoms with van der Waals surface area (Å²) in [5, 5.41) is 0. The summed E-state index contributed by atoms with van der Waals surface area (Å²) in [6.07, 6.45) is 5.26. The lowest BCUT2D eigenvalue weighted by Gasteiger charge is -2.33. The van der Waals surface area contributed by atoms with Gasteiger partial charge >= 0.3 is 0 Å². The van der Waals surface area contributed by atoms with Gasteiger partial charge in [0.05, 0.1) is 0 Å². The van der Waals surface area contributed by atoms with Crippen LogP contribution in [0.4, 0.5) is 5.69 Å². The van der Waals surface area contributed by atoms with E-state index in [0.717, 1.165) is 13.1 Å². The van der Waals surface area contributed by atoms with E-state index >= 15 is 0 Å². The summed E-state index contributed by atoms with van der Waals surface area (Å²) in [5.74, 6) is 0.648. The van der Waals surface area contributed by atoms with Gasteiger partial charge in [-0.15, -0.1) is 0 Å². The van der Waals surface area contributed by atoms with Gasteiger partial charge in [-0.2, -0.15) is 0 Å². The van der Waals surface area contributed by atoms with Crippen LogP contribution < -0.4 is 10.6 Å². The number of aryl methyl sites for hydroxylation is 1. The summed E-state index contributed by atoms with van der Waals surface area (Å²) in [6.45, 7) is 6.58. The van der Waals surface area contributed by atoms with E-state index in [1.54, 1.807) is 0 Å². The fraction of sp³-hybridized carbons (Fsp3) is 0.667. The number of nitrogens with two attached hydrogens (primary N) is 1. The van der Waals surface area contributed by atoms with Crippen LogP contribution in [0.15, 0.2) is 18.2 Å². The molecular weight excluding hydrogens is 258 g/mol. The molecule has 21 heavy (non-hydrogen) atoms. The second-order valence-electron chi connectivity index (χ2n) is 6.90. The normalized spacial score (nSPS) is 27.3. The topological polar surface area (TPSA) is 32.5 Å². The molecule has 2 heterocycles. The Labute approximate surface area is 129 Å².